The van der Waals surface area contributed by atoms with E-state index in [9.17, 15) is 10.2 Å². The maximum absolute atomic E-state index is 9.86. The fraction of sp³-hybridized carbons (Fsp3) is 1.00. The van der Waals surface area contributed by atoms with Crippen LogP contribution in [0.15, 0.2) is 0 Å². The Morgan fingerprint density at radius 1 is 0.556 bits per heavy atom. The van der Waals surface area contributed by atoms with Crippen LogP contribution in [0.5, 0.6) is 0 Å². The first-order valence-electron chi connectivity index (χ1n) is 6.46. The second-order valence-corrected chi connectivity index (χ2v) is 14.0. The molecule has 1 aliphatic rings. The molecule has 1 aliphatic heterocycles. The van der Waals surface area contributed by atoms with Crippen LogP contribution < -0.4 is 0 Å². The molecule has 2 N–H and O–H groups in total. The Labute approximate surface area is 136 Å². The van der Waals surface area contributed by atoms with Gasteiger partial charge in [0.15, 0.2) is 0 Å². The van der Waals surface area contributed by atoms with Crippen molar-refractivity contribution in [2.24, 2.45) is 0 Å². The molecule has 0 radical (unpaired) electrons. The zero-order valence-electron chi connectivity index (χ0n) is 10.8. The van der Waals surface area contributed by atoms with Crippen molar-refractivity contribution in [1.29, 1.82) is 0 Å². The average molecular weight is 516 g/mol. The van der Waals surface area contributed by atoms with Gasteiger partial charge in [-0.3, -0.25) is 0 Å². The fourth-order valence-corrected chi connectivity index (χ4v) is 12.5. The number of aliphatic hydroxyl groups excluding tert-OH is 2. The van der Waals surface area contributed by atoms with Crippen LogP contribution in [-0.2, 0) is 0 Å². The summed E-state index contributed by atoms with van der Waals surface area (Å²) in [4.78, 5) is 0. The molecule has 0 amide bonds. The Balaban J connectivity index is 2.17. The van der Waals surface area contributed by atoms with E-state index in [1.165, 1.54) is 34.1 Å². The van der Waals surface area contributed by atoms with Crippen molar-refractivity contribution in [3.05, 3.63) is 0 Å². The molecule has 0 unspecified atom stereocenters. The van der Waals surface area contributed by atoms with Crippen molar-refractivity contribution >= 4 is 59.8 Å². The normalized spacial score (nSPS) is 31.0. The molecule has 0 saturated carbocycles. The summed E-state index contributed by atoms with van der Waals surface area (Å²) >= 11 is 2.63. The van der Waals surface area contributed by atoms with E-state index in [2.05, 4.69) is 0 Å². The number of hydrogen-bond donors (Lipinski definition) is 2. The van der Waals surface area contributed by atoms with E-state index in [1.807, 2.05) is 0 Å². The zero-order chi connectivity index (χ0) is 13.1. The predicted octanol–water partition coefficient (Wildman–Crippen LogP) is 1.67. The van der Waals surface area contributed by atoms with Gasteiger partial charge in [0.25, 0.3) is 0 Å². The predicted molar refractivity (Wildman–Crippen MR) is 82.7 cm³/mol. The molecular weight excluding hydrogens is 492 g/mol. The topological polar surface area (TPSA) is 40.5 Å². The van der Waals surface area contributed by atoms with E-state index >= 15 is 0 Å². The molecule has 6 heteroatoms. The zero-order valence-corrected chi connectivity index (χ0v) is 17.6. The van der Waals surface area contributed by atoms with Gasteiger partial charge in [0.2, 0.25) is 0 Å². The SMILES string of the molecule is OC1C[Se]CCC[Se]CC(O)C[Se]CCC[Se]C1. The van der Waals surface area contributed by atoms with Crippen LogP contribution in [0.2, 0.25) is 42.6 Å². The summed E-state index contributed by atoms with van der Waals surface area (Å²) in [5.74, 6) is 0. The van der Waals surface area contributed by atoms with Gasteiger partial charge in [-0.05, 0) is 0 Å². The molecule has 0 aromatic rings. The first-order chi connectivity index (χ1) is 8.79. The van der Waals surface area contributed by atoms with Gasteiger partial charge < -0.3 is 0 Å². The second kappa shape index (κ2) is 12.7. The van der Waals surface area contributed by atoms with E-state index in [-0.39, 0.29) is 12.2 Å². The van der Waals surface area contributed by atoms with Crippen LogP contribution in [0, 0.1) is 0 Å². The van der Waals surface area contributed by atoms with Crippen LogP contribution in [0.25, 0.3) is 0 Å². The van der Waals surface area contributed by atoms with E-state index in [4.69, 9.17) is 0 Å². The molecule has 1 saturated heterocycles. The number of aliphatic hydroxyl groups is 2. The van der Waals surface area contributed by atoms with Crippen LogP contribution in [0.1, 0.15) is 12.8 Å². The summed E-state index contributed by atoms with van der Waals surface area (Å²) < 4.78 is 0. The molecule has 0 aromatic heterocycles. The molecule has 2 nitrogen and oxygen atoms in total. The van der Waals surface area contributed by atoms with E-state index < -0.39 is 0 Å². The Bertz CT molecular complexity index is 159. The summed E-state index contributed by atoms with van der Waals surface area (Å²) in [6, 6.07) is 0. The van der Waals surface area contributed by atoms with Gasteiger partial charge in [0.1, 0.15) is 0 Å². The van der Waals surface area contributed by atoms with Gasteiger partial charge in [-0.25, -0.2) is 0 Å². The molecular formula is C12H24O2Se4. The van der Waals surface area contributed by atoms with Crippen molar-refractivity contribution in [2.45, 2.75) is 67.6 Å². The van der Waals surface area contributed by atoms with Crippen molar-refractivity contribution in [3.8, 4) is 0 Å². The molecule has 0 aliphatic carbocycles. The fourth-order valence-electron chi connectivity index (χ4n) is 1.50. The minimum absolute atomic E-state index is 0.00995. The Kier molecular flexibility index (Phi) is 12.8. The molecule has 0 bridgehead atoms. The van der Waals surface area contributed by atoms with Gasteiger partial charge in [-0.2, -0.15) is 0 Å². The van der Waals surface area contributed by atoms with Gasteiger partial charge in [-0.1, -0.05) is 0 Å². The van der Waals surface area contributed by atoms with Gasteiger partial charge >= 0.3 is 138 Å². The molecule has 0 aromatic carbocycles. The Morgan fingerprint density at radius 3 is 1.11 bits per heavy atom. The van der Waals surface area contributed by atoms with Crippen LogP contribution in [0.3, 0.4) is 0 Å². The molecule has 0 atom stereocenters. The first-order valence-corrected chi connectivity index (χ1v) is 16.1. The van der Waals surface area contributed by atoms with Crippen molar-refractivity contribution in [1.82, 2.24) is 0 Å². The molecule has 108 valence electrons. The molecule has 1 fully saturated rings. The van der Waals surface area contributed by atoms with E-state index in [0.717, 1.165) is 21.3 Å². The summed E-state index contributed by atoms with van der Waals surface area (Å²) in [5.41, 5.74) is 0. The Hall–Kier alpha value is 2.00. The number of rotatable bonds is 0. The summed E-state index contributed by atoms with van der Waals surface area (Å²) in [5, 5.41) is 29.4. The quantitative estimate of drug-likeness (QED) is 0.482. The maximum atomic E-state index is 9.86. The van der Waals surface area contributed by atoms with Crippen molar-refractivity contribution < 1.29 is 10.2 Å². The van der Waals surface area contributed by atoms with Crippen LogP contribution >= 0.6 is 0 Å². The molecule has 18 heavy (non-hydrogen) atoms. The number of hydrogen-bond acceptors (Lipinski definition) is 2. The summed E-state index contributed by atoms with van der Waals surface area (Å²) in [7, 11) is 0. The standard InChI is InChI=1S/C12H24O2Se4/c13-11-7-15-3-1-4-16-8-12(14)10-18-6-2-5-17-9-11/h11-14H,1-10H2. The second-order valence-electron chi connectivity index (χ2n) is 4.31. The van der Waals surface area contributed by atoms with Gasteiger partial charge in [-0.15, -0.1) is 0 Å². The van der Waals surface area contributed by atoms with E-state index in [0.29, 0.717) is 59.8 Å². The summed E-state index contributed by atoms with van der Waals surface area (Å²) in [6.07, 6.45) is 2.68. The van der Waals surface area contributed by atoms with E-state index in [1.54, 1.807) is 0 Å². The first kappa shape index (κ1) is 18.0. The van der Waals surface area contributed by atoms with Crippen molar-refractivity contribution in [3.63, 3.8) is 0 Å². The Morgan fingerprint density at radius 2 is 0.833 bits per heavy atom. The van der Waals surface area contributed by atoms with Gasteiger partial charge in [0.05, 0.1) is 0 Å². The third-order valence-electron chi connectivity index (χ3n) is 2.40. The third kappa shape index (κ3) is 10.7. The average Bonchev–Trinajstić information content (AvgIpc) is 2.35. The van der Waals surface area contributed by atoms with Gasteiger partial charge in [0, 0.05) is 0 Å². The monoisotopic (exact) mass is 520 g/mol. The minimum atomic E-state index is 0.00995. The van der Waals surface area contributed by atoms with Crippen LogP contribution in [-0.4, -0.2) is 82.2 Å². The van der Waals surface area contributed by atoms with Crippen molar-refractivity contribution in [2.75, 3.05) is 0 Å². The molecule has 1 rings (SSSR count). The third-order valence-corrected chi connectivity index (χ3v) is 12.4. The molecule has 0 spiro atoms. The summed E-state index contributed by atoms with van der Waals surface area (Å²) in [6.45, 7) is 0. The van der Waals surface area contributed by atoms with Crippen LogP contribution in [0.4, 0.5) is 0 Å². The molecule has 1 heterocycles.